The number of anilines is 1. The van der Waals surface area contributed by atoms with Gasteiger partial charge in [-0.05, 0) is 76.8 Å². The molecule has 0 aliphatic heterocycles. The monoisotopic (exact) mass is 521 g/mol. The molecule has 0 aliphatic rings. The standard InChI is InChI=1S/C30H39N3O5/c1-10-33(28(35)25(15-19(2)3)32-29(36)38-30(6,7)8)26(22-17-20(4)16-21(5)18-22)27(34)31-23-11-13-24(37-9)14-12-23/h1,11-14,16-19,25-26H,15H2,2-9H3,(H,31,34)(H,32,36). The van der Waals surface area contributed by atoms with Crippen molar-refractivity contribution in [1.82, 2.24) is 10.2 Å². The first-order valence-corrected chi connectivity index (χ1v) is 12.6. The van der Waals surface area contributed by atoms with E-state index in [1.807, 2.05) is 45.9 Å². The van der Waals surface area contributed by atoms with Crippen LogP contribution in [0.3, 0.4) is 0 Å². The molecule has 38 heavy (non-hydrogen) atoms. The van der Waals surface area contributed by atoms with Gasteiger partial charge in [0.05, 0.1) is 7.11 Å². The van der Waals surface area contributed by atoms with Gasteiger partial charge >= 0.3 is 6.09 Å². The first-order valence-electron chi connectivity index (χ1n) is 12.6. The van der Waals surface area contributed by atoms with Gasteiger partial charge < -0.3 is 20.1 Å². The number of hydrogen-bond donors (Lipinski definition) is 2. The summed E-state index contributed by atoms with van der Waals surface area (Å²) in [7, 11) is 1.55. The van der Waals surface area contributed by atoms with E-state index < -0.39 is 35.6 Å². The molecular weight excluding hydrogens is 482 g/mol. The van der Waals surface area contributed by atoms with Crippen LogP contribution in [0.25, 0.3) is 0 Å². The predicted molar refractivity (Wildman–Crippen MR) is 149 cm³/mol. The van der Waals surface area contributed by atoms with Gasteiger partial charge in [0.2, 0.25) is 0 Å². The molecule has 0 aliphatic carbocycles. The molecule has 3 amide bonds. The van der Waals surface area contributed by atoms with Crippen LogP contribution in [0.15, 0.2) is 42.5 Å². The predicted octanol–water partition coefficient (Wildman–Crippen LogP) is 5.35. The van der Waals surface area contributed by atoms with Crippen molar-refractivity contribution < 1.29 is 23.9 Å². The van der Waals surface area contributed by atoms with Gasteiger partial charge in [0.1, 0.15) is 23.4 Å². The van der Waals surface area contributed by atoms with Crippen LogP contribution in [0.5, 0.6) is 5.75 Å². The zero-order valence-electron chi connectivity index (χ0n) is 23.5. The second kappa shape index (κ2) is 13.0. The van der Waals surface area contributed by atoms with Gasteiger partial charge in [-0.2, -0.15) is 0 Å². The van der Waals surface area contributed by atoms with E-state index in [-0.39, 0.29) is 5.92 Å². The Morgan fingerprint density at radius 2 is 1.61 bits per heavy atom. The fourth-order valence-electron chi connectivity index (χ4n) is 4.05. The van der Waals surface area contributed by atoms with E-state index in [2.05, 4.69) is 16.7 Å². The van der Waals surface area contributed by atoms with E-state index in [0.29, 0.717) is 23.4 Å². The number of benzene rings is 2. The Bertz CT molecular complexity index is 1160. The van der Waals surface area contributed by atoms with Crippen molar-refractivity contribution in [3.05, 3.63) is 59.2 Å². The molecule has 8 nitrogen and oxygen atoms in total. The summed E-state index contributed by atoms with van der Waals surface area (Å²) < 4.78 is 10.6. The summed E-state index contributed by atoms with van der Waals surface area (Å²) in [5, 5.41) is 5.51. The summed E-state index contributed by atoms with van der Waals surface area (Å²) in [6.07, 6.45) is 5.44. The van der Waals surface area contributed by atoms with E-state index in [9.17, 15) is 14.4 Å². The quantitative estimate of drug-likeness (QED) is 0.343. The third kappa shape index (κ3) is 8.84. The summed E-state index contributed by atoms with van der Waals surface area (Å²) >= 11 is 0. The largest absolute Gasteiger partial charge is 0.497 e. The number of methoxy groups -OCH3 is 1. The summed E-state index contributed by atoms with van der Waals surface area (Å²) in [4.78, 5) is 41.2. The number of terminal acetylenes is 1. The van der Waals surface area contributed by atoms with Crippen LogP contribution >= 0.6 is 0 Å². The van der Waals surface area contributed by atoms with Crippen LogP contribution < -0.4 is 15.4 Å². The lowest BCUT2D eigenvalue weighted by Gasteiger charge is -2.31. The number of rotatable bonds is 9. The van der Waals surface area contributed by atoms with Crippen molar-refractivity contribution in [1.29, 1.82) is 0 Å². The first kappa shape index (κ1) is 30.2. The van der Waals surface area contributed by atoms with Gasteiger partial charge in [-0.25, -0.2) is 4.79 Å². The van der Waals surface area contributed by atoms with Crippen LogP contribution in [0.1, 0.15) is 63.8 Å². The highest BCUT2D eigenvalue weighted by Gasteiger charge is 2.36. The fraction of sp³-hybridized carbons (Fsp3) is 0.433. The Labute approximate surface area is 226 Å². The Hall–Kier alpha value is -3.99. The smallest absolute Gasteiger partial charge is 0.408 e. The molecule has 2 aromatic carbocycles. The van der Waals surface area contributed by atoms with Crippen molar-refractivity contribution in [3.63, 3.8) is 0 Å². The number of carbonyl (C=O) groups is 3. The van der Waals surface area contributed by atoms with Crippen molar-refractivity contribution in [2.24, 2.45) is 5.92 Å². The molecule has 0 bridgehead atoms. The molecule has 8 heteroatoms. The highest BCUT2D eigenvalue weighted by molar-refractivity contribution is 5.99. The molecule has 0 saturated carbocycles. The Morgan fingerprint density at radius 1 is 1.03 bits per heavy atom. The molecule has 2 N–H and O–H groups in total. The van der Waals surface area contributed by atoms with E-state index in [1.54, 1.807) is 52.1 Å². The average molecular weight is 522 g/mol. The SMILES string of the molecule is C#CN(C(=O)C(CC(C)C)NC(=O)OC(C)(C)C)C(C(=O)Nc1ccc(OC)cc1)c1cc(C)cc(C)c1. The molecule has 0 saturated heterocycles. The molecule has 0 fully saturated rings. The number of nitrogens with one attached hydrogen (secondary N) is 2. The van der Waals surface area contributed by atoms with Gasteiger partial charge in [-0.1, -0.05) is 49.6 Å². The summed E-state index contributed by atoms with van der Waals surface area (Å²) in [5.41, 5.74) is 2.15. The minimum Gasteiger partial charge on any atom is -0.497 e. The molecule has 2 rings (SSSR count). The Kier molecular flexibility index (Phi) is 10.3. The Morgan fingerprint density at radius 3 is 2.08 bits per heavy atom. The molecular formula is C30H39N3O5. The maximum absolute atomic E-state index is 13.9. The van der Waals surface area contributed by atoms with Gasteiger partial charge in [0, 0.05) is 11.7 Å². The number of ether oxygens (including phenoxy) is 2. The van der Waals surface area contributed by atoms with Crippen LogP contribution in [0.4, 0.5) is 10.5 Å². The highest BCUT2D eigenvalue weighted by Crippen LogP contribution is 2.27. The van der Waals surface area contributed by atoms with Crippen LogP contribution in [-0.2, 0) is 14.3 Å². The molecule has 0 radical (unpaired) electrons. The van der Waals surface area contributed by atoms with Crippen molar-refractivity contribution in [3.8, 4) is 18.2 Å². The molecule has 2 atom stereocenters. The lowest BCUT2D eigenvalue weighted by Crippen LogP contribution is -2.51. The maximum atomic E-state index is 13.9. The maximum Gasteiger partial charge on any atom is 0.408 e. The lowest BCUT2D eigenvalue weighted by molar-refractivity contribution is -0.137. The zero-order valence-corrected chi connectivity index (χ0v) is 23.5. The van der Waals surface area contributed by atoms with E-state index in [0.717, 1.165) is 16.0 Å². The van der Waals surface area contributed by atoms with Gasteiger partial charge in [-0.15, -0.1) is 0 Å². The minimum atomic E-state index is -1.15. The van der Waals surface area contributed by atoms with Gasteiger partial charge in [-0.3, -0.25) is 14.5 Å². The summed E-state index contributed by atoms with van der Waals surface area (Å²) in [6.45, 7) is 12.9. The molecule has 0 heterocycles. The number of carbonyl (C=O) groups excluding carboxylic acids is 3. The molecule has 2 unspecified atom stereocenters. The molecule has 204 valence electrons. The van der Waals surface area contributed by atoms with Gasteiger partial charge in [0.15, 0.2) is 0 Å². The topological polar surface area (TPSA) is 97.0 Å². The lowest BCUT2D eigenvalue weighted by atomic mass is 9.97. The third-order valence-corrected chi connectivity index (χ3v) is 5.50. The minimum absolute atomic E-state index is 0.0475. The van der Waals surface area contributed by atoms with E-state index in [4.69, 9.17) is 15.9 Å². The number of alkyl carbamates (subject to hydrolysis) is 1. The number of amides is 3. The van der Waals surface area contributed by atoms with Crippen LogP contribution in [-0.4, -0.2) is 41.6 Å². The van der Waals surface area contributed by atoms with Gasteiger partial charge in [0.25, 0.3) is 11.8 Å². The Balaban J connectivity index is 2.49. The number of aryl methyl sites for hydroxylation is 2. The summed E-state index contributed by atoms with van der Waals surface area (Å²) in [6, 6.07) is 12.7. The van der Waals surface area contributed by atoms with Crippen LogP contribution in [0.2, 0.25) is 0 Å². The van der Waals surface area contributed by atoms with E-state index in [1.165, 1.54) is 0 Å². The summed E-state index contributed by atoms with van der Waals surface area (Å²) in [5.74, 6) is -0.390. The number of nitrogens with zero attached hydrogens (tertiary/aromatic N) is 1. The second-order valence-electron chi connectivity index (χ2n) is 10.7. The third-order valence-electron chi connectivity index (χ3n) is 5.50. The van der Waals surface area contributed by atoms with Crippen LogP contribution in [0, 0.1) is 32.2 Å². The fourth-order valence-corrected chi connectivity index (χ4v) is 4.05. The molecule has 2 aromatic rings. The molecule has 0 spiro atoms. The normalized spacial score (nSPS) is 12.6. The average Bonchev–Trinajstić information content (AvgIpc) is 2.79. The molecule has 0 aromatic heterocycles. The van der Waals surface area contributed by atoms with Crippen molar-refractivity contribution in [2.45, 2.75) is 72.6 Å². The number of hydrogen-bond acceptors (Lipinski definition) is 5. The van der Waals surface area contributed by atoms with Crippen molar-refractivity contribution >= 4 is 23.6 Å². The van der Waals surface area contributed by atoms with Crippen molar-refractivity contribution in [2.75, 3.05) is 12.4 Å². The highest BCUT2D eigenvalue weighted by atomic mass is 16.6. The van der Waals surface area contributed by atoms with E-state index >= 15 is 0 Å². The zero-order chi connectivity index (χ0) is 28.6. The first-order chi connectivity index (χ1) is 17.7. The second-order valence-corrected chi connectivity index (χ2v) is 10.7.